The second-order valence-electron chi connectivity index (χ2n) is 6.68. The summed E-state index contributed by atoms with van der Waals surface area (Å²) < 4.78 is 5.37. The molecule has 1 amide bonds. The van der Waals surface area contributed by atoms with Crippen LogP contribution < -0.4 is 4.90 Å². The van der Waals surface area contributed by atoms with E-state index in [1.807, 2.05) is 26.8 Å². The third-order valence-corrected chi connectivity index (χ3v) is 3.67. The largest absolute Gasteiger partial charge is 0.444 e. The number of nitro groups is 1. The van der Waals surface area contributed by atoms with E-state index in [0.29, 0.717) is 31.7 Å². The molecule has 1 fully saturated rings. The summed E-state index contributed by atoms with van der Waals surface area (Å²) in [5.74, 6) is 0. The lowest BCUT2D eigenvalue weighted by atomic mass is 10.1. The van der Waals surface area contributed by atoms with Crippen LogP contribution >= 0.6 is 0 Å². The number of rotatable bonds is 2. The van der Waals surface area contributed by atoms with Crippen LogP contribution in [0.15, 0.2) is 18.2 Å². The van der Waals surface area contributed by atoms with Gasteiger partial charge in [0.2, 0.25) is 0 Å². The Hall–Kier alpha value is -2.31. The van der Waals surface area contributed by atoms with E-state index in [0.717, 1.165) is 5.69 Å². The Morgan fingerprint density at radius 2 is 1.83 bits per heavy atom. The minimum atomic E-state index is -0.496. The zero-order valence-corrected chi connectivity index (χ0v) is 14.0. The first-order valence-electron chi connectivity index (χ1n) is 7.65. The second kappa shape index (κ2) is 6.44. The van der Waals surface area contributed by atoms with E-state index in [1.54, 1.807) is 17.9 Å². The molecular formula is C16H23N3O4. The molecule has 2 rings (SSSR count). The van der Waals surface area contributed by atoms with Crippen molar-refractivity contribution >= 4 is 17.5 Å². The standard InChI is InChI=1S/C16H23N3O4/c1-12-11-13(5-6-14(12)19(21)22)17-7-9-18(10-8-17)15(20)23-16(2,3)4/h5-6,11H,7-10H2,1-4H3. The van der Waals surface area contributed by atoms with Crippen LogP contribution in [0.1, 0.15) is 26.3 Å². The summed E-state index contributed by atoms with van der Waals surface area (Å²) in [7, 11) is 0. The molecule has 0 spiro atoms. The van der Waals surface area contributed by atoms with Crippen LogP contribution in [0, 0.1) is 17.0 Å². The van der Waals surface area contributed by atoms with Crippen molar-refractivity contribution in [2.24, 2.45) is 0 Å². The van der Waals surface area contributed by atoms with E-state index in [2.05, 4.69) is 4.90 Å². The molecule has 1 saturated heterocycles. The quantitative estimate of drug-likeness (QED) is 0.618. The molecule has 126 valence electrons. The molecule has 7 heteroatoms. The Kier molecular flexibility index (Phi) is 4.77. The van der Waals surface area contributed by atoms with Gasteiger partial charge in [0, 0.05) is 43.5 Å². The van der Waals surface area contributed by atoms with Crippen molar-refractivity contribution in [1.29, 1.82) is 0 Å². The van der Waals surface area contributed by atoms with Crippen molar-refractivity contribution in [2.75, 3.05) is 31.1 Å². The van der Waals surface area contributed by atoms with Gasteiger partial charge in [-0.25, -0.2) is 4.79 Å². The molecule has 0 atom stereocenters. The van der Waals surface area contributed by atoms with Gasteiger partial charge >= 0.3 is 6.09 Å². The number of benzene rings is 1. The second-order valence-corrected chi connectivity index (χ2v) is 6.68. The summed E-state index contributed by atoms with van der Waals surface area (Å²) >= 11 is 0. The number of carbonyl (C=O) groups excluding carboxylic acids is 1. The predicted octanol–water partition coefficient (Wildman–Crippen LogP) is 2.96. The molecular weight excluding hydrogens is 298 g/mol. The van der Waals surface area contributed by atoms with Crippen molar-refractivity contribution in [3.05, 3.63) is 33.9 Å². The Bertz CT molecular complexity index is 602. The lowest BCUT2D eigenvalue weighted by Gasteiger charge is -2.36. The molecule has 0 unspecified atom stereocenters. The Labute approximate surface area is 136 Å². The average Bonchev–Trinajstić information content (AvgIpc) is 2.45. The zero-order valence-electron chi connectivity index (χ0n) is 14.0. The zero-order chi connectivity index (χ0) is 17.2. The van der Waals surface area contributed by atoms with Crippen molar-refractivity contribution in [3.8, 4) is 0 Å². The van der Waals surface area contributed by atoms with Gasteiger partial charge in [-0.15, -0.1) is 0 Å². The number of nitro benzene ring substituents is 1. The summed E-state index contributed by atoms with van der Waals surface area (Å²) in [5.41, 5.74) is 1.21. The Morgan fingerprint density at radius 3 is 2.30 bits per heavy atom. The maximum atomic E-state index is 12.0. The number of amides is 1. The maximum Gasteiger partial charge on any atom is 0.410 e. The highest BCUT2D eigenvalue weighted by Gasteiger charge is 2.26. The first-order valence-corrected chi connectivity index (χ1v) is 7.65. The van der Waals surface area contributed by atoms with Gasteiger partial charge in [0.05, 0.1) is 4.92 Å². The van der Waals surface area contributed by atoms with E-state index in [-0.39, 0.29) is 16.7 Å². The minimum absolute atomic E-state index is 0.126. The van der Waals surface area contributed by atoms with Gasteiger partial charge in [-0.05, 0) is 39.8 Å². The lowest BCUT2D eigenvalue weighted by molar-refractivity contribution is -0.385. The number of anilines is 1. The molecule has 0 aromatic heterocycles. The molecule has 23 heavy (non-hydrogen) atoms. The summed E-state index contributed by atoms with van der Waals surface area (Å²) in [4.78, 5) is 26.4. The van der Waals surface area contributed by atoms with Gasteiger partial charge in [-0.1, -0.05) is 0 Å². The molecule has 1 aliphatic rings. The van der Waals surface area contributed by atoms with Crippen LogP contribution in [0.2, 0.25) is 0 Å². The fourth-order valence-electron chi connectivity index (χ4n) is 2.51. The topological polar surface area (TPSA) is 75.9 Å². The first kappa shape index (κ1) is 17.1. The van der Waals surface area contributed by atoms with E-state index >= 15 is 0 Å². The van der Waals surface area contributed by atoms with E-state index in [4.69, 9.17) is 4.74 Å². The maximum absolute atomic E-state index is 12.0. The van der Waals surface area contributed by atoms with Gasteiger partial charge in [-0.2, -0.15) is 0 Å². The highest BCUT2D eigenvalue weighted by atomic mass is 16.6. The summed E-state index contributed by atoms with van der Waals surface area (Å²) in [5, 5.41) is 10.9. The average molecular weight is 321 g/mol. The highest BCUT2D eigenvalue weighted by molar-refractivity contribution is 5.68. The number of aryl methyl sites for hydroxylation is 1. The molecule has 0 N–H and O–H groups in total. The van der Waals surface area contributed by atoms with Crippen LogP contribution in [0.4, 0.5) is 16.2 Å². The fraction of sp³-hybridized carbons (Fsp3) is 0.562. The Balaban J connectivity index is 1.98. The lowest BCUT2D eigenvalue weighted by Crippen LogP contribution is -2.50. The van der Waals surface area contributed by atoms with Gasteiger partial charge in [0.15, 0.2) is 0 Å². The molecule has 0 aliphatic carbocycles. The van der Waals surface area contributed by atoms with Gasteiger partial charge < -0.3 is 14.5 Å². The molecule has 0 saturated carbocycles. The molecule has 0 radical (unpaired) electrons. The first-order chi connectivity index (χ1) is 10.7. The molecule has 1 aliphatic heterocycles. The van der Waals surface area contributed by atoms with E-state index in [9.17, 15) is 14.9 Å². The highest BCUT2D eigenvalue weighted by Crippen LogP contribution is 2.25. The van der Waals surface area contributed by atoms with Crippen LogP contribution in [0.25, 0.3) is 0 Å². The fourth-order valence-corrected chi connectivity index (χ4v) is 2.51. The number of piperazine rings is 1. The third-order valence-electron chi connectivity index (χ3n) is 3.67. The smallest absolute Gasteiger partial charge is 0.410 e. The summed E-state index contributed by atoms with van der Waals surface area (Å²) in [6.07, 6.45) is -0.294. The normalized spacial score (nSPS) is 15.5. The van der Waals surface area contributed by atoms with E-state index < -0.39 is 5.60 Å². The summed E-state index contributed by atoms with van der Waals surface area (Å²) in [6, 6.07) is 5.11. The van der Waals surface area contributed by atoms with Crippen molar-refractivity contribution in [3.63, 3.8) is 0 Å². The van der Waals surface area contributed by atoms with Gasteiger partial charge in [-0.3, -0.25) is 10.1 Å². The van der Waals surface area contributed by atoms with Crippen molar-refractivity contribution in [2.45, 2.75) is 33.3 Å². The SMILES string of the molecule is Cc1cc(N2CCN(C(=O)OC(C)(C)C)CC2)ccc1[N+](=O)[O-]. The number of nitrogens with zero attached hydrogens (tertiary/aromatic N) is 3. The summed E-state index contributed by atoms with van der Waals surface area (Å²) in [6.45, 7) is 9.78. The van der Waals surface area contributed by atoms with Crippen LogP contribution in [-0.2, 0) is 4.74 Å². The van der Waals surface area contributed by atoms with Gasteiger partial charge in [0.1, 0.15) is 5.60 Å². The van der Waals surface area contributed by atoms with Crippen molar-refractivity contribution < 1.29 is 14.5 Å². The molecule has 1 aromatic carbocycles. The Morgan fingerprint density at radius 1 is 1.22 bits per heavy atom. The molecule has 1 heterocycles. The van der Waals surface area contributed by atoms with Crippen LogP contribution in [0.3, 0.4) is 0 Å². The monoisotopic (exact) mass is 321 g/mol. The number of ether oxygens (including phenoxy) is 1. The van der Waals surface area contributed by atoms with Gasteiger partial charge in [0.25, 0.3) is 5.69 Å². The molecule has 0 bridgehead atoms. The van der Waals surface area contributed by atoms with E-state index in [1.165, 1.54) is 6.07 Å². The number of hydrogen-bond donors (Lipinski definition) is 0. The van der Waals surface area contributed by atoms with Crippen LogP contribution in [0.5, 0.6) is 0 Å². The number of carbonyl (C=O) groups is 1. The molecule has 1 aromatic rings. The third kappa shape index (κ3) is 4.34. The minimum Gasteiger partial charge on any atom is -0.444 e. The number of hydrogen-bond acceptors (Lipinski definition) is 5. The predicted molar refractivity (Wildman–Crippen MR) is 87.9 cm³/mol. The molecule has 7 nitrogen and oxygen atoms in total. The van der Waals surface area contributed by atoms with Crippen molar-refractivity contribution in [1.82, 2.24) is 4.90 Å². The van der Waals surface area contributed by atoms with Crippen LogP contribution in [-0.4, -0.2) is 47.7 Å².